The van der Waals surface area contributed by atoms with E-state index in [2.05, 4.69) is 0 Å². The highest BCUT2D eigenvalue weighted by atomic mass is 35.5. The molecule has 0 amide bonds. The third-order valence-corrected chi connectivity index (χ3v) is 3.48. The van der Waals surface area contributed by atoms with Crippen LogP contribution < -0.4 is 0 Å². The van der Waals surface area contributed by atoms with Crippen molar-refractivity contribution in [2.45, 2.75) is 26.9 Å². The van der Waals surface area contributed by atoms with Crippen molar-refractivity contribution < 1.29 is 14.5 Å². The zero-order chi connectivity index (χ0) is 14.7. The van der Waals surface area contributed by atoms with Crippen LogP contribution in [0.4, 0.5) is 5.69 Å². The molecule has 0 aliphatic carbocycles. The lowest BCUT2D eigenvalue weighted by atomic mass is 10.1. The minimum absolute atomic E-state index is 0.0479. The van der Waals surface area contributed by atoms with E-state index in [1.807, 2.05) is 13.8 Å². The van der Waals surface area contributed by atoms with Gasteiger partial charge in [-0.25, -0.2) is 4.79 Å². The Kier molecular flexibility index (Phi) is 5.14. The molecule has 0 saturated carbocycles. The maximum Gasteiger partial charge on any atom is 0.340 e. The number of hydrogen-bond donors (Lipinski definition) is 0. The van der Waals surface area contributed by atoms with Crippen LogP contribution in [0.5, 0.6) is 0 Å². The number of carbonyl (C=O) groups is 1. The van der Waals surface area contributed by atoms with Crippen LogP contribution in [0.25, 0.3) is 0 Å². The second-order valence-electron chi connectivity index (χ2n) is 4.40. The van der Waals surface area contributed by atoms with Crippen molar-refractivity contribution >= 4 is 34.9 Å². The first kappa shape index (κ1) is 15.7. The van der Waals surface area contributed by atoms with Gasteiger partial charge in [0.05, 0.1) is 20.5 Å². The Hall–Kier alpha value is -1.33. The van der Waals surface area contributed by atoms with Crippen LogP contribution in [0.15, 0.2) is 12.1 Å². The predicted molar refractivity (Wildman–Crippen MR) is 72.8 cm³/mol. The lowest BCUT2D eigenvalue weighted by Gasteiger charge is -2.17. The molecule has 1 atom stereocenters. The highest BCUT2D eigenvalue weighted by Gasteiger charge is 2.22. The largest absolute Gasteiger partial charge is 0.459 e. The molecule has 0 fully saturated rings. The average Bonchev–Trinajstić information content (AvgIpc) is 2.31. The van der Waals surface area contributed by atoms with Crippen LogP contribution in [-0.4, -0.2) is 17.0 Å². The van der Waals surface area contributed by atoms with Crippen molar-refractivity contribution in [2.24, 2.45) is 5.92 Å². The van der Waals surface area contributed by atoms with E-state index in [4.69, 9.17) is 27.9 Å². The summed E-state index contributed by atoms with van der Waals surface area (Å²) >= 11 is 11.6. The van der Waals surface area contributed by atoms with E-state index < -0.39 is 10.9 Å². The van der Waals surface area contributed by atoms with E-state index in [9.17, 15) is 14.9 Å². The summed E-state index contributed by atoms with van der Waals surface area (Å²) < 4.78 is 5.16. The molecule has 1 aromatic rings. The molecule has 7 heteroatoms. The fraction of sp³-hybridized carbons (Fsp3) is 0.417. The summed E-state index contributed by atoms with van der Waals surface area (Å²) in [5.74, 6) is -0.603. The number of halogens is 2. The molecule has 1 unspecified atom stereocenters. The standard InChI is InChI=1S/C12H13Cl2NO4/c1-6(2)7(3)19-12(16)9-4-8(15(17)18)5-10(13)11(9)14/h4-7H,1-3H3. The van der Waals surface area contributed by atoms with Gasteiger partial charge in [0.2, 0.25) is 0 Å². The van der Waals surface area contributed by atoms with Gasteiger partial charge in [-0.2, -0.15) is 0 Å². The van der Waals surface area contributed by atoms with E-state index in [-0.39, 0.29) is 33.3 Å². The van der Waals surface area contributed by atoms with Gasteiger partial charge in [0.15, 0.2) is 0 Å². The average molecular weight is 306 g/mol. The number of hydrogen-bond acceptors (Lipinski definition) is 4. The molecule has 0 heterocycles. The minimum atomic E-state index is -0.725. The molecule has 0 bridgehead atoms. The van der Waals surface area contributed by atoms with Gasteiger partial charge in [0.25, 0.3) is 5.69 Å². The first-order valence-electron chi connectivity index (χ1n) is 5.58. The summed E-state index contributed by atoms with van der Waals surface area (Å²) in [6.45, 7) is 5.51. The monoisotopic (exact) mass is 305 g/mol. The fourth-order valence-electron chi connectivity index (χ4n) is 1.20. The lowest BCUT2D eigenvalue weighted by molar-refractivity contribution is -0.384. The fourth-order valence-corrected chi connectivity index (χ4v) is 1.60. The second-order valence-corrected chi connectivity index (χ2v) is 5.19. The van der Waals surface area contributed by atoms with Crippen LogP contribution in [-0.2, 0) is 4.74 Å². The summed E-state index contributed by atoms with van der Waals surface area (Å²) in [6.07, 6.45) is -0.332. The number of nitro benzene ring substituents is 1. The smallest absolute Gasteiger partial charge is 0.340 e. The van der Waals surface area contributed by atoms with Gasteiger partial charge in [0, 0.05) is 12.1 Å². The maximum absolute atomic E-state index is 11.9. The molecule has 0 N–H and O–H groups in total. The zero-order valence-corrected chi connectivity index (χ0v) is 12.2. The third kappa shape index (κ3) is 3.81. The summed E-state index contributed by atoms with van der Waals surface area (Å²) in [7, 11) is 0. The molecule has 0 aliphatic heterocycles. The highest BCUT2D eigenvalue weighted by Crippen LogP contribution is 2.31. The maximum atomic E-state index is 11.9. The van der Waals surface area contributed by atoms with Gasteiger partial charge in [-0.15, -0.1) is 0 Å². The van der Waals surface area contributed by atoms with Crippen molar-refractivity contribution in [2.75, 3.05) is 0 Å². The summed E-state index contributed by atoms with van der Waals surface area (Å²) in [6, 6.07) is 2.15. The molecule has 1 rings (SSSR count). The number of non-ortho nitro benzene ring substituents is 1. The van der Waals surface area contributed by atoms with Gasteiger partial charge in [-0.05, 0) is 12.8 Å². The predicted octanol–water partition coefficient (Wildman–Crippen LogP) is 4.10. The molecule has 104 valence electrons. The van der Waals surface area contributed by atoms with Crippen molar-refractivity contribution in [3.05, 3.63) is 37.9 Å². The number of nitro groups is 1. The van der Waals surface area contributed by atoms with Crippen molar-refractivity contribution in [3.63, 3.8) is 0 Å². The first-order valence-corrected chi connectivity index (χ1v) is 6.34. The molecule has 0 radical (unpaired) electrons. The van der Waals surface area contributed by atoms with Gasteiger partial charge in [-0.1, -0.05) is 37.0 Å². The molecule has 0 spiro atoms. The molecule has 0 aliphatic rings. The van der Waals surface area contributed by atoms with Crippen molar-refractivity contribution in [1.29, 1.82) is 0 Å². The Morgan fingerprint density at radius 1 is 1.32 bits per heavy atom. The number of nitrogens with zero attached hydrogens (tertiary/aromatic N) is 1. The number of esters is 1. The highest BCUT2D eigenvalue weighted by molar-refractivity contribution is 6.43. The van der Waals surface area contributed by atoms with Gasteiger partial charge >= 0.3 is 5.97 Å². The topological polar surface area (TPSA) is 69.4 Å². The number of rotatable bonds is 4. The number of ether oxygens (including phenoxy) is 1. The summed E-state index contributed by atoms with van der Waals surface area (Å²) in [5.41, 5.74) is -0.410. The van der Waals surface area contributed by atoms with Gasteiger partial charge in [-0.3, -0.25) is 10.1 Å². The quantitative estimate of drug-likeness (QED) is 0.477. The van der Waals surface area contributed by atoms with Crippen molar-refractivity contribution in [1.82, 2.24) is 0 Å². The lowest BCUT2D eigenvalue weighted by Crippen LogP contribution is -2.20. The molecular formula is C12H13Cl2NO4. The Morgan fingerprint density at radius 3 is 2.37 bits per heavy atom. The van der Waals surface area contributed by atoms with Crippen LogP contribution in [0.2, 0.25) is 10.0 Å². The van der Waals surface area contributed by atoms with Gasteiger partial charge < -0.3 is 4.74 Å². The van der Waals surface area contributed by atoms with E-state index in [1.54, 1.807) is 6.92 Å². The normalized spacial score (nSPS) is 12.3. The third-order valence-electron chi connectivity index (χ3n) is 2.68. The van der Waals surface area contributed by atoms with E-state index >= 15 is 0 Å². The zero-order valence-electron chi connectivity index (χ0n) is 10.6. The van der Waals surface area contributed by atoms with Crippen LogP contribution >= 0.6 is 23.2 Å². The first-order chi connectivity index (χ1) is 8.73. The molecule has 0 aromatic heterocycles. The molecular weight excluding hydrogens is 293 g/mol. The second kappa shape index (κ2) is 6.21. The Balaban J connectivity index is 3.12. The Bertz CT molecular complexity index is 517. The van der Waals surface area contributed by atoms with Crippen LogP contribution in [0.3, 0.4) is 0 Å². The Labute approximate surface area is 120 Å². The number of benzene rings is 1. The molecule has 19 heavy (non-hydrogen) atoms. The molecule has 1 aromatic carbocycles. The molecule has 0 saturated heterocycles. The minimum Gasteiger partial charge on any atom is -0.459 e. The summed E-state index contributed by atoms with van der Waals surface area (Å²) in [5, 5.41) is 10.6. The number of carbonyl (C=O) groups excluding carboxylic acids is 1. The van der Waals surface area contributed by atoms with E-state index in [1.165, 1.54) is 0 Å². The van der Waals surface area contributed by atoms with E-state index in [0.717, 1.165) is 12.1 Å². The van der Waals surface area contributed by atoms with E-state index in [0.29, 0.717) is 0 Å². The summed E-state index contributed by atoms with van der Waals surface area (Å²) in [4.78, 5) is 22.0. The Morgan fingerprint density at radius 2 is 1.89 bits per heavy atom. The van der Waals surface area contributed by atoms with Crippen molar-refractivity contribution in [3.8, 4) is 0 Å². The SMILES string of the molecule is CC(C)C(C)OC(=O)c1cc([N+](=O)[O-])cc(Cl)c1Cl. The van der Waals surface area contributed by atoms with Gasteiger partial charge in [0.1, 0.15) is 6.10 Å². The molecule has 5 nitrogen and oxygen atoms in total. The van der Waals surface area contributed by atoms with Crippen LogP contribution in [0.1, 0.15) is 31.1 Å². The van der Waals surface area contributed by atoms with Crippen LogP contribution in [0, 0.1) is 16.0 Å².